The number of carbonyl (C=O) groups is 2. The maximum Gasteiger partial charge on any atom is 0.305 e. The highest BCUT2D eigenvalue weighted by Crippen LogP contribution is 2.32. The fourth-order valence-electron chi connectivity index (χ4n) is 3.42. The number of hydrogen-bond donors (Lipinski definition) is 0. The summed E-state index contributed by atoms with van der Waals surface area (Å²) in [6.45, 7) is 2.67. The Balaban J connectivity index is 1.88. The van der Waals surface area contributed by atoms with Gasteiger partial charge in [0.15, 0.2) is 0 Å². The molecule has 0 heterocycles. The highest BCUT2D eigenvalue weighted by atomic mass is 35.5. The Bertz CT molecular complexity index is 1000. The first-order chi connectivity index (χ1) is 15.1. The lowest BCUT2D eigenvalue weighted by atomic mass is 10.0. The molecule has 0 bridgehead atoms. The molecule has 0 saturated carbocycles. The smallest absolute Gasteiger partial charge is 0.305 e. The van der Waals surface area contributed by atoms with Crippen LogP contribution in [0.2, 0.25) is 5.02 Å². The zero-order valence-corrected chi connectivity index (χ0v) is 18.3. The van der Waals surface area contributed by atoms with Crippen LogP contribution in [0.15, 0.2) is 78.9 Å². The molecule has 0 spiro atoms. The van der Waals surface area contributed by atoms with Gasteiger partial charge >= 0.3 is 5.97 Å². The molecular formula is C26H26ClNO3. The molecule has 4 nitrogen and oxygen atoms in total. The van der Waals surface area contributed by atoms with Crippen LogP contribution in [0.4, 0.5) is 5.69 Å². The van der Waals surface area contributed by atoms with E-state index in [4.69, 9.17) is 16.3 Å². The number of nitrogens with zero attached hydrogens (tertiary/aromatic N) is 1. The number of benzene rings is 3. The first-order valence-corrected chi connectivity index (χ1v) is 10.9. The molecule has 1 amide bonds. The van der Waals surface area contributed by atoms with Gasteiger partial charge in [-0.15, -0.1) is 0 Å². The van der Waals surface area contributed by atoms with Gasteiger partial charge in [0.25, 0.3) is 5.91 Å². The van der Waals surface area contributed by atoms with Crippen LogP contribution in [0.1, 0.15) is 36.5 Å². The topological polar surface area (TPSA) is 46.6 Å². The summed E-state index contributed by atoms with van der Waals surface area (Å²) < 4.78 is 5.01. The minimum absolute atomic E-state index is 0.101. The number of carbonyl (C=O) groups excluding carboxylic acids is 2. The van der Waals surface area contributed by atoms with E-state index in [1.807, 2.05) is 54.6 Å². The van der Waals surface area contributed by atoms with Gasteiger partial charge in [0.05, 0.1) is 12.3 Å². The molecule has 3 aromatic rings. The van der Waals surface area contributed by atoms with E-state index in [0.29, 0.717) is 43.0 Å². The molecule has 0 unspecified atom stereocenters. The minimum atomic E-state index is -0.206. The van der Waals surface area contributed by atoms with Crippen molar-refractivity contribution in [3.63, 3.8) is 0 Å². The van der Waals surface area contributed by atoms with E-state index in [1.54, 1.807) is 36.1 Å². The zero-order chi connectivity index (χ0) is 22.1. The summed E-state index contributed by atoms with van der Waals surface area (Å²) in [6, 6.07) is 24.8. The van der Waals surface area contributed by atoms with Crippen LogP contribution in [0.5, 0.6) is 0 Å². The van der Waals surface area contributed by atoms with Crippen molar-refractivity contribution in [2.45, 2.75) is 26.2 Å². The van der Waals surface area contributed by atoms with E-state index in [1.165, 1.54) is 0 Å². The van der Waals surface area contributed by atoms with Gasteiger partial charge in [-0.1, -0.05) is 60.1 Å². The summed E-state index contributed by atoms with van der Waals surface area (Å²) in [5, 5.41) is 0.585. The average Bonchev–Trinajstić information content (AvgIpc) is 2.80. The molecule has 0 fully saturated rings. The number of unbranched alkanes of at least 4 members (excludes halogenated alkanes) is 1. The number of anilines is 1. The van der Waals surface area contributed by atoms with Crippen LogP contribution >= 0.6 is 11.6 Å². The van der Waals surface area contributed by atoms with E-state index < -0.39 is 0 Å². The van der Waals surface area contributed by atoms with Gasteiger partial charge in [0, 0.05) is 29.1 Å². The SMILES string of the molecule is CCOC(=O)CCCCN(C(=O)c1ccc(Cl)cc1)c1ccccc1-c1ccccc1. The number of rotatable bonds is 9. The average molecular weight is 436 g/mol. The largest absolute Gasteiger partial charge is 0.466 e. The Hall–Kier alpha value is -3.11. The number of amides is 1. The summed E-state index contributed by atoms with van der Waals surface area (Å²) in [5.41, 5.74) is 3.43. The van der Waals surface area contributed by atoms with Gasteiger partial charge in [-0.25, -0.2) is 0 Å². The Morgan fingerprint density at radius 3 is 2.26 bits per heavy atom. The highest BCUT2D eigenvalue weighted by Gasteiger charge is 2.20. The molecule has 0 N–H and O–H groups in total. The molecule has 160 valence electrons. The predicted molar refractivity (Wildman–Crippen MR) is 125 cm³/mol. The summed E-state index contributed by atoms with van der Waals surface area (Å²) in [5.74, 6) is -0.307. The van der Waals surface area contributed by atoms with Crippen molar-refractivity contribution in [1.29, 1.82) is 0 Å². The summed E-state index contributed by atoms with van der Waals surface area (Å²) >= 11 is 6.01. The standard InChI is InChI=1S/C26H26ClNO3/c1-2-31-25(29)14-8-9-19-28(26(30)21-15-17-22(27)18-16-21)24-13-7-6-12-23(24)20-10-4-3-5-11-20/h3-7,10-13,15-18H,2,8-9,14,19H2,1H3. The van der Waals surface area contributed by atoms with Crippen LogP contribution in [0, 0.1) is 0 Å². The summed E-state index contributed by atoms with van der Waals surface area (Å²) in [7, 11) is 0. The van der Waals surface area contributed by atoms with E-state index in [2.05, 4.69) is 0 Å². The molecule has 0 radical (unpaired) electrons. The van der Waals surface area contributed by atoms with Crippen molar-refractivity contribution >= 4 is 29.2 Å². The second kappa shape index (κ2) is 11.3. The normalized spacial score (nSPS) is 10.5. The molecular weight excluding hydrogens is 410 g/mol. The lowest BCUT2D eigenvalue weighted by molar-refractivity contribution is -0.143. The van der Waals surface area contributed by atoms with Crippen LogP contribution < -0.4 is 4.90 Å². The molecule has 0 aliphatic carbocycles. The Kier molecular flexibility index (Phi) is 8.25. The number of para-hydroxylation sites is 1. The van der Waals surface area contributed by atoms with Gasteiger partial charge in [-0.05, 0) is 55.7 Å². The van der Waals surface area contributed by atoms with Crippen molar-refractivity contribution in [3.05, 3.63) is 89.4 Å². The third kappa shape index (κ3) is 6.19. The monoisotopic (exact) mass is 435 g/mol. The van der Waals surface area contributed by atoms with Gasteiger partial charge in [-0.3, -0.25) is 9.59 Å². The Morgan fingerprint density at radius 1 is 0.871 bits per heavy atom. The van der Waals surface area contributed by atoms with Crippen LogP contribution in [-0.4, -0.2) is 25.0 Å². The Morgan fingerprint density at radius 2 is 1.55 bits per heavy atom. The molecule has 0 aliphatic heterocycles. The molecule has 0 saturated heterocycles. The van der Waals surface area contributed by atoms with E-state index in [-0.39, 0.29) is 11.9 Å². The third-order valence-corrected chi connectivity index (χ3v) is 5.19. The Labute approximate surface area is 188 Å². The van der Waals surface area contributed by atoms with Gasteiger partial charge in [-0.2, -0.15) is 0 Å². The van der Waals surface area contributed by atoms with Crippen molar-refractivity contribution in [2.24, 2.45) is 0 Å². The maximum absolute atomic E-state index is 13.5. The quantitative estimate of drug-likeness (QED) is 0.289. The zero-order valence-electron chi connectivity index (χ0n) is 17.6. The number of ether oxygens (including phenoxy) is 1. The van der Waals surface area contributed by atoms with Crippen LogP contribution in [0.25, 0.3) is 11.1 Å². The third-order valence-electron chi connectivity index (χ3n) is 4.93. The first kappa shape index (κ1) is 22.6. The molecule has 0 aliphatic rings. The van der Waals surface area contributed by atoms with E-state index in [0.717, 1.165) is 16.8 Å². The van der Waals surface area contributed by atoms with E-state index >= 15 is 0 Å². The van der Waals surface area contributed by atoms with Crippen molar-refractivity contribution in [3.8, 4) is 11.1 Å². The first-order valence-electron chi connectivity index (χ1n) is 10.5. The molecule has 3 rings (SSSR count). The molecule has 0 aromatic heterocycles. The van der Waals surface area contributed by atoms with Crippen LogP contribution in [-0.2, 0) is 9.53 Å². The highest BCUT2D eigenvalue weighted by molar-refractivity contribution is 6.30. The minimum Gasteiger partial charge on any atom is -0.466 e. The predicted octanol–water partition coefficient (Wildman–Crippen LogP) is 6.39. The number of halogens is 1. The molecule has 31 heavy (non-hydrogen) atoms. The van der Waals surface area contributed by atoms with Gasteiger partial charge in [0.1, 0.15) is 0 Å². The number of esters is 1. The van der Waals surface area contributed by atoms with Gasteiger partial charge in [0.2, 0.25) is 0 Å². The molecule has 0 atom stereocenters. The van der Waals surface area contributed by atoms with E-state index in [9.17, 15) is 9.59 Å². The molecule has 5 heteroatoms. The van der Waals surface area contributed by atoms with Crippen LogP contribution in [0.3, 0.4) is 0 Å². The summed E-state index contributed by atoms with van der Waals surface area (Å²) in [6.07, 6.45) is 1.68. The summed E-state index contributed by atoms with van der Waals surface area (Å²) in [4.78, 5) is 26.9. The van der Waals surface area contributed by atoms with Gasteiger partial charge < -0.3 is 9.64 Å². The van der Waals surface area contributed by atoms with Crippen molar-refractivity contribution < 1.29 is 14.3 Å². The number of hydrogen-bond acceptors (Lipinski definition) is 3. The fourth-order valence-corrected chi connectivity index (χ4v) is 3.55. The molecule has 3 aromatic carbocycles. The lowest BCUT2D eigenvalue weighted by Gasteiger charge is -2.26. The maximum atomic E-state index is 13.5. The second-order valence-corrected chi connectivity index (χ2v) is 7.55. The van der Waals surface area contributed by atoms with Crippen molar-refractivity contribution in [2.75, 3.05) is 18.1 Å². The second-order valence-electron chi connectivity index (χ2n) is 7.11. The fraction of sp³-hybridized carbons (Fsp3) is 0.231. The lowest BCUT2D eigenvalue weighted by Crippen LogP contribution is -2.32. The van der Waals surface area contributed by atoms with Crippen molar-refractivity contribution in [1.82, 2.24) is 0 Å².